The van der Waals surface area contributed by atoms with Gasteiger partial charge in [-0.05, 0) is 31.5 Å². The number of benzene rings is 1. The topological polar surface area (TPSA) is 54.0 Å². The molecule has 0 aliphatic heterocycles. The minimum Gasteiger partial charge on any atom is -0.338 e. The monoisotopic (exact) mass is 247 g/mol. The van der Waals surface area contributed by atoms with Crippen LogP contribution in [0.15, 0.2) is 24.4 Å². The molecule has 2 N–H and O–H groups in total. The zero-order valence-corrected chi connectivity index (χ0v) is 10.2. The van der Waals surface area contributed by atoms with Gasteiger partial charge in [-0.15, -0.1) is 0 Å². The molecule has 0 aliphatic carbocycles. The van der Waals surface area contributed by atoms with Gasteiger partial charge in [0.2, 0.25) is 0 Å². The van der Waals surface area contributed by atoms with E-state index in [0.29, 0.717) is 17.7 Å². The number of aryl methyl sites for hydroxylation is 1. The summed E-state index contributed by atoms with van der Waals surface area (Å²) in [5.74, 6) is 0.00917. The molecule has 4 nitrogen and oxygen atoms in total. The summed E-state index contributed by atoms with van der Waals surface area (Å²) in [6.45, 7) is 4.23. The first kappa shape index (κ1) is 12.3. The Labute approximate surface area is 104 Å². The van der Waals surface area contributed by atoms with Crippen LogP contribution in [0.3, 0.4) is 0 Å². The first-order chi connectivity index (χ1) is 8.61. The van der Waals surface area contributed by atoms with E-state index in [1.807, 2.05) is 13.8 Å². The molecule has 2 aromatic rings. The number of hydrogen-bond acceptors (Lipinski definition) is 2. The molecule has 0 unspecified atom stereocenters. The van der Waals surface area contributed by atoms with E-state index in [4.69, 9.17) is 0 Å². The Morgan fingerprint density at radius 2 is 2.17 bits per heavy atom. The standard InChI is InChI=1S/C13H14FN3O/c1-3-15-13(18)17-12-6-9-10(7-16-12)8(2)4-5-11(9)14/h4-7H,3H2,1-2H3,(H2,15,16,17,18). The highest BCUT2D eigenvalue weighted by atomic mass is 19.1. The fraction of sp³-hybridized carbons (Fsp3) is 0.231. The normalized spacial score (nSPS) is 10.4. The van der Waals surface area contributed by atoms with Crippen molar-refractivity contribution in [2.75, 3.05) is 11.9 Å². The van der Waals surface area contributed by atoms with Crippen molar-refractivity contribution in [1.82, 2.24) is 10.3 Å². The van der Waals surface area contributed by atoms with Crippen molar-refractivity contribution in [3.8, 4) is 0 Å². The van der Waals surface area contributed by atoms with Crippen LogP contribution in [0.1, 0.15) is 12.5 Å². The molecule has 0 aliphatic rings. The number of rotatable bonds is 2. The molecule has 1 aromatic heterocycles. The van der Waals surface area contributed by atoms with Crippen molar-refractivity contribution < 1.29 is 9.18 Å². The highest BCUT2D eigenvalue weighted by Crippen LogP contribution is 2.22. The number of fused-ring (bicyclic) bond motifs is 1. The van der Waals surface area contributed by atoms with Crippen LogP contribution in [0.4, 0.5) is 15.0 Å². The van der Waals surface area contributed by atoms with Crippen molar-refractivity contribution in [2.24, 2.45) is 0 Å². The molecule has 0 saturated heterocycles. The number of pyridine rings is 1. The Bertz CT molecular complexity index is 598. The molecule has 94 valence electrons. The van der Waals surface area contributed by atoms with Gasteiger partial charge in [0.1, 0.15) is 11.6 Å². The molecule has 0 atom stereocenters. The third kappa shape index (κ3) is 2.40. The number of aromatic nitrogens is 1. The Morgan fingerprint density at radius 3 is 2.89 bits per heavy atom. The van der Waals surface area contributed by atoms with E-state index in [2.05, 4.69) is 15.6 Å². The number of hydrogen-bond donors (Lipinski definition) is 2. The lowest BCUT2D eigenvalue weighted by Crippen LogP contribution is -2.28. The van der Waals surface area contributed by atoms with Gasteiger partial charge in [0.05, 0.1) is 0 Å². The second-order valence-corrected chi connectivity index (χ2v) is 3.96. The van der Waals surface area contributed by atoms with Crippen molar-refractivity contribution in [1.29, 1.82) is 0 Å². The van der Waals surface area contributed by atoms with Crippen LogP contribution in [0.25, 0.3) is 10.8 Å². The zero-order valence-electron chi connectivity index (χ0n) is 10.2. The van der Waals surface area contributed by atoms with Gasteiger partial charge in [-0.25, -0.2) is 14.2 Å². The van der Waals surface area contributed by atoms with Gasteiger partial charge in [-0.2, -0.15) is 0 Å². The fourth-order valence-electron chi connectivity index (χ4n) is 1.73. The van der Waals surface area contributed by atoms with Crippen molar-refractivity contribution in [2.45, 2.75) is 13.8 Å². The number of carbonyl (C=O) groups excluding carboxylic acids is 1. The minimum absolute atomic E-state index is 0.322. The predicted molar refractivity (Wildman–Crippen MR) is 69.1 cm³/mol. The Kier molecular flexibility index (Phi) is 3.41. The summed E-state index contributed by atoms with van der Waals surface area (Å²) in [5.41, 5.74) is 0.948. The SMILES string of the molecule is CCNC(=O)Nc1cc2c(F)ccc(C)c2cn1. The van der Waals surface area contributed by atoms with Gasteiger partial charge in [-0.1, -0.05) is 6.07 Å². The van der Waals surface area contributed by atoms with E-state index in [-0.39, 0.29) is 11.8 Å². The van der Waals surface area contributed by atoms with E-state index in [1.165, 1.54) is 12.1 Å². The maximum atomic E-state index is 13.7. The highest BCUT2D eigenvalue weighted by molar-refractivity contribution is 5.92. The van der Waals surface area contributed by atoms with Gasteiger partial charge in [0.15, 0.2) is 0 Å². The van der Waals surface area contributed by atoms with E-state index >= 15 is 0 Å². The summed E-state index contributed by atoms with van der Waals surface area (Å²) in [7, 11) is 0. The molecule has 0 bridgehead atoms. The first-order valence-corrected chi connectivity index (χ1v) is 5.71. The largest absolute Gasteiger partial charge is 0.338 e. The number of urea groups is 1. The van der Waals surface area contributed by atoms with Crippen LogP contribution >= 0.6 is 0 Å². The Balaban J connectivity index is 2.38. The highest BCUT2D eigenvalue weighted by Gasteiger charge is 2.07. The summed E-state index contributed by atoms with van der Waals surface area (Å²) in [4.78, 5) is 15.4. The van der Waals surface area contributed by atoms with Crippen molar-refractivity contribution in [3.63, 3.8) is 0 Å². The van der Waals surface area contributed by atoms with E-state index < -0.39 is 0 Å². The summed E-state index contributed by atoms with van der Waals surface area (Å²) < 4.78 is 13.7. The van der Waals surface area contributed by atoms with Gasteiger partial charge in [0.25, 0.3) is 0 Å². The van der Waals surface area contributed by atoms with Crippen LogP contribution in [0.2, 0.25) is 0 Å². The number of nitrogens with one attached hydrogen (secondary N) is 2. The number of nitrogens with zero attached hydrogens (tertiary/aromatic N) is 1. The number of amides is 2. The van der Waals surface area contributed by atoms with Gasteiger partial charge in [-0.3, -0.25) is 5.32 Å². The minimum atomic E-state index is -0.350. The summed E-state index contributed by atoms with van der Waals surface area (Å²) >= 11 is 0. The summed E-state index contributed by atoms with van der Waals surface area (Å²) in [5, 5.41) is 6.34. The van der Waals surface area contributed by atoms with E-state index in [9.17, 15) is 9.18 Å². The quantitative estimate of drug-likeness (QED) is 0.857. The van der Waals surface area contributed by atoms with Crippen LogP contribution in [0, 0.1) is 12.7 Å². The maximum Gasteiger partial charge on any atom is 0.320 e. The third-order valence-corrected chi connectivity index (χ3v) is 2.64. The summed E-state index contributed by atoms with van der Waals surface area (Å²) in [6, 6.07) is 4.30. The first-order valence-electron chi connectivity index (χ1n) is 5.71. The predicted octanol–water partition coefficient (Wildman–Crippen LogP) is 2.82. The van der Waals surface area contributed by atoms with Crippen LogP contribution < -0.4 is 10.6 Å². The lowest BCUT2D eigenvalue weighted by atomic mass is 10.1. The van der Waals surface area contributed by atoms with Gasteiger partial charge >= 0.3 is 6.03 Å². The Morgan fingerprint density at radius 1 is 1.39 bits per heavy atom. The molecular weight excluding hydrogens is 233 g/mol. The van der Waals surface area contributed by atoms with Gasteiger partial charge in [0, 0.05) is 23.5 Å². The fourth-order valence-corrected chi connectivity index (χ4v) is 1.73. The van der Waals surface area contributed by atoms with E-state index in [1.54, 1.807) is 12.3 Å². The molecule has 0 radical (unpaired) electrons. The average molecular weight is 247 g/mol. The zero-order chi connectivity index (χ0) is 13.1. The molecule has 2 rings (SSSR count). The van der Waals surface area contributed by atoms with Crippen LogP contribution in [0.5, 0.6) is 0 Å². The van der Waals surface area contributed by atoms with Crippen molar-refractivity contribution in [3.05, 3.63) is 35.8 Å². The molecule has 0 spiro atoms. The molecule has 1 heterocycles. The second-order valence-electron chi connectivity index (χ2n) is 3.96. The van der Waals surface area contributed by atoms with Crippen molar-refractivity contribution >= 4 is 22.6 Å². The number of anilines is 1. The Hall–Kier alpha value is -2.17. The van der Waals surface area contributed by atoms with Crippen LogP contribution in [-0.4, -0.2) is 17.6 Å². The smallest absolute Gasteiger partial charge is 0.320 e. The van der Waals surface area contributed by atoms with E-state index in [0.717, 1.165) is 10.9 Å². The molecule has 0 saturated carbocycles. The second kappa shape index (κ2) is 5.00. The molecule has 18 heavy (non-hydrogen) atoms. The molecule has 0 fully saturated rings. The average Bonchev–Trinajstić information content (AvgIpc) is 2.34. The third-order valence-electron chi connectivity index (χ3n) is 2.64. The number of carbonyl (C=O) groups is 1. The molecule has 5 heteroatoms. The lowest BCUT2D eigenvalue weighted by molar-refractivity contribution is 0.252. The molecular formula is C13H14FN3O. The lowest BCUT2D eigenvalue weighted by Gasteiger charge is -2.07. The summed E-state index contributed by atoms with van der Waals surface area (Å²) in [6.07, 6.45) is 1.56. The van der Waals surface area contributed by atoms with Gasteiger partial charge < -0.3 is 5.32 Å². The maximum absolute atomic E-state index is 13.7. The van der Waals surface area contributed by atoms with Crippen LogP contribution in [-0.2, 0) is 0 Å². The number of halogens is 1. The molecule has 2 amide bonds. The molecule has 1 aromatic carbocycles.